The summed E-state index contributed by atoms with van der Waals surface area (Å²) in [6.07, 6.45) is -3.21. The van der Waals surface area contributed by atoms with Crippen molar-refractivity contribution in [3.05, 3.63) is 47.8 Å². The smallest absolute Gasteiger partial charge is 0.433 e. The summed E-state index contributed by atoms with van der Waals surface area (Å²) in [5.41, 5.74) is 0.242. The molecular formula is C21H23F3N2O3. The Bertz CT molecular complexity index is 891. The fraction of sp³-hybridized carbons (Fsp3) is 0.429. The van der Waals surface area contributed by atoms with Gasteiger partial charge in [0, 0.05) is 24.2 Å². The average molecular weight is 408 g/mol. The summed E-state index contributed by atoms with van der Waals surface area (Å²) in [4.78, 5) is 15.4. The van der Waals surface area contributed by atoms with E-state index in [9.17, 15) is 18.0 Å². The molecule has 1 aromatic carbocycles. The van der Waals surface area contributed by atoms with Crippen molar-refractivity contribution in [1.82, 2.24) is 10.3 Å². The van der Waals surface area contributed by atoms with Crippen LogP contribution in [0.4, 0.5) is 18.0 Å². The Morgan fingerprint density at radius 2 is 2.03 bits per heavy atom. The van der Waals surface area contributed by atoms with E-state index >= 15 is 0 Å². The highest BCUT2D eigenvalue weighted by atomic mass is 19.4. The number of fused-ring (bicyclic) bond motifs is 1. The van der Waals surface area contributed by atoms with Gasteiger partial charge >= 0.3 is 12.3 Å². The van der Waals surface area contributed by atoms with E-state index in [0.717, 1.165) is 17.8 Å². The first-order valence-electron chi connectivity index (χ1n) is 9.31. The van der Waals surface area contributed by atoms with E-state index in [2.05, 4.69) is 10.3 Å². The lowest BCUT2D eigenvalue weighted by atomic mass is 9.89. The number of nitrogens with zero attached hydrogens (tertiary/aromatic N) is 1. The minimum atomic E-state index is -4.52. The van der Waals surface area contributed by atoms with Gasteiger partial charge in [0.15, 0.2) is 0 Å². The Morgan fingerprint density at radius 1 is 1.28 bits per heavy atom. The number of amides is 1. The number of ether oxygens (including phenoxy) is 2. The van der Waals surface area contributed by atoms with Crippen LogP contribution in [0.1, 0.15) is 44.4 Å². The summed E-state index contributed by atoms with van der Waals surface area (Å²) in [5, 5.41) is 2.76. The number of benzene rings is 1. The molecule has 29 heavy (non-hydrogen) atoms. The highest BCUT2D eigenvalue weighted by Gasteiger charge is 2.33. The van der Waals surface area contributed by atoms with Crippen molar-refractivity contribution in [3.63, 3.8) is 0 Å². The number of carbonyl (C=O) groups is 1. The first-order chi connectivity index (χ1) is 13.5. The molecule has 0 spiro atoms. The number of nitrogens with one attached hydrogen (secondary N) is 1. The molecule has 0 aliphatic carbocycles. The molecule has 1 aliphatic heterocycles. The van der Waals surface area contributed by atoms with Crippen LogP contribution in [0.25, 0.3) is 11.1 Å². The lowest BCUT2D eigenvalue weighted by molar-refractivity contribution is -0.141. The molecule has 1 aliphatic rings. The van der Waals surface area contributed by atoms with Crippen LogP contribution in [-0.4, -0.2) is 29.8 Å². The molecular weight excluding hydrogens is 385 g/mol. The topological polar surface area (TPSA) is 60.5 Å². The second kappa shape index (κ2) is 7.93. The number of rotatable bonds is 3. The van der Waals surface area contributed by atoms with E-state index in [1.54, 1.807) is 32.9 Å². The Morgan fingerprint density at radius 3 is 2.72 bits per heavy atom. The lowest BCUT2D eigenvalue weighted by Gasteiger charge is -2.28. The van der Waals surface area contributed by atoms with Crippen LogP contribution in [0, 0.1) is 0 Å². The minimum absolute atomic E-state index is 0.0323. The van der Waals surface area contributed by atoms with Gasteiger partial charge in [-0.1, -0.05) is 18.2 Å². The van der Waals surface area contributed by atoms with Crippen molar-refractivity contribution in [1.29, 1.82) is 0 Å². The van der Waals surface area contributed by atoms with E-state index in [1.165, 1.54) is 6.07 Å². The predicted molar refractivity (Wildman–Crippen MR) is 102 cm³/mol. The number of carbonyl (C=O) groups excluding carboxylic acids is 1. The van der Waals surface area contributed by atoms with Crippen LogP contribution < -0.4 is 10.1 Å². The monoisotopic (exact) mass is 408 g/mol. The fourth-order valence-electron chi connectivity index (χ4n) is 3.21. The second-order valence-corrected chi connectivity index (χ2v) is 7.87. The first-order valence-corrected chi connectivity index (χ1v) is 9.31. The Hall–Kier alpha value is -2.77. The number of alkyl carbamates (subject to hydrolysis) is 1. The van der Waals surface area contributed by atoms with Crippen molar-refractivity contribution in [3.8, 4) is 16.9 Å². The predicted octanol–water partition coefficient (Wildman–Crippen LogP) is 5.16. The van der Waals surface area contributed by atoms with Crippen LogP contribution >= 0.6 is 0 Å². The molecule has 2 aromatic rings. The molecule has 0 bridgehead atoms. The number of hydrogen-bond acceptors (Lipinski definition) is 4. The Balaban J connectivity index is 1.85. The van der Waals surface area contributed by atoms with Crippen molar-refractivity contribution < 1.29 is 27.4 Å². The third-order valence-corrected chi connectivity index (χ3v) is 4.45. The second-order valence-electron chi connectivity index (χ2n) is 7.87. The van der Waals surface area contributed by atoms with E-state index < -0.39 is 23.6 Å². The molecule has 3 rings (SSSR count). The van der Waals surface area contributed by atoms with Crippen molar-refractivity contribution in [2.24, 2.45) is 0 Å². The van der Waals surface area contributed by atoms with Crippen LogP contribution in [0.5, 0.6) is 5.75 Å². The normalized spacial score (nSPS) is 16.6. The van der Waals surface area contributed by atoms with E-state index in [4.69, 9.17) is 9.47 Å². The zero-order valence-corrected chi connectivity index (χ0v) is 16.5. The molecule has 1 unspecified atom stereocenters. The van der Waals surface area contributed by atoms with E-state index in [1.807, 2.05) is 6.07 Å². The maximum Gasteiger partial charge on any atom is 0.433 e. The first kappa shape index (κ1) is 21.0. The molecule has 0 saturated carbocycles. The highest BCUT2D eigenvalue weighted by molar-refractivity contribution is 5.73. The maximum atomic E-state index is 13.0. The SMILES string of the molecule is CC(C)(C)OC(=O)NCC1CCOc2c(-c3ccnc(C(F)(F)F)c3)cccc21. The van der Waals surface area contributed by atoms with Crippen LogP contribution in [-0.2, 0) is 10.9 Å². The molecule has 5 nitrogen and oxygen atoms in total. The van der Waals surface area contributed by atoms with Crippen LogP contribution in [0.2, 0.25) is 0 Å². The summed E-state index contributed by atoms with van der Waals surface area (Å²) in [7, 11) is 0. The van der Waals surface area contributed by atoms with Crippen molar-refractivity contribution >= 4 is 6.09 Å². The van der Waals surface area contributed by atoms with Gasteiger partial charge in [0.2, 0.25) is 0 Å². The molecule has 2 heterocycles. The zero-order valence-electron chi connectivity index (χ0n) is 16.5. The van der Waals surface area contributed by atoms with Gasteiger partial charge in [-0.25, -0.2) is 4.79 Å². The molecule has 0 radical (unpaired) electrons. The summed E-state index contributed by atoms with van der Waals surface area (Å²) in [6, 6.07) is 7.90. The van der Waals surface area contributed by atoms with Gasteiger partial charge < -0.3 is 14.8 Å². The van der Waals surface area contributed by atoms with Gasteiger partial charge in [0.1, 0.15) is 17.0 Å². The van der Waals surface area contributed by atoms with Gasteiger partial charge in [0.25, 0.3) is 0 Å². The van der Waals surface area contributed by atoms with Crippen LogP contribution in [0.3, 0.4) is 0 Å². The zero-order chi connectivity index (χ0) is 21.2. The minimum Gasteiger partial charge on any atom is -0.493 e. The standard InChI is InChI=1S/C21H23F3N2O3/c1-20(2,3)29-19(27)26-12-14-8-10-28-18-15(5-4-6-16(14)18)13-7-9-25-17(11-13)21(22,23)24/h4-7,9,11,14H,8,10,12H2,1-3H3,(H,26,27). The van der Waals surface area contributed by atoms with E-state index in [0.29, 0.717) is 36.4 Å². The Kier molecular flexibility index (Phi) is 5.73. The average Bonchev–Trinajstić information content (AvgIpc) is 2.64. The van der Waals surface area contributed by atoms with Crippen molar-refractivity contribution in [2.45, 2.75) is 44.9 Å². The molecule has 156 valence electrons. The molecule has 1 aromatic heterocycles. The van der Waals surface area contributed by atoms with Gasteiger partial charge in [-0.15, -0.1) is 0 Å². The number of hydrogen-bond donors (Lipinski definition) is 1. The van der Waals surface area contributed by atoms with Gasteiger partial charge in [0.05, 0.1) is 6.61 Å². The number of para-hydroxylation sites is 1. The van der Waals surface area contributed by atoms with Gasteiger partial charge in [-0.3, -0.25) is 4.98 Å². The molecule has 0 saturated heterocycles. The van der Waals surface area contributed by atoms with Crippen molar-refractivity contribution in [2.75, 3.05) is 13.2 Å². The molecule has 0 fully saturated rings. The number of halogens is 3. The maximum absolute atomic E-state index is 13.0. The lowest BCUT2D eigenvalue weighted by Crippen LogP contribution is -2.35. The number of alkyl halides is 3. The third kappa shape index (κ3) is 5.19. The fourth-order valence-corrected chi connectivity index (χ4v) is 3.21. The van der Waals surface area contributed by atoms with E-state index in [-0.39, 0.29) is 5.92 Å². The summed E-state index contributed by atoms with van der Waals surface area (Å²) < 4.78 is 50.2. The number of aromatic nitrogens is 1. The summed E-state index contributed by atoms with van der Waals surface area (Å²) >= 11 is 0. The van der Waals surface area contributed by atoms with Crippen LogP contribution in [0.15, 0.2) is 36.5 Å². The largest absolute Gasteiger partial charge is 0.493 e. The summed E-state index contributed by atoms with van der Waals surface area (Å²) in [5.74, 6) is 0.504. The molecule has 8 heteroatoms. The quantitative estimate of drug-likeness (QED) is 0.762. The summed E-state index contributed by atoms with van der Waals surface area (Å²) in [6.45, 7) is 6.10. The number of pyridine rings is 1. The van der Waals surface area contributed by atoms with Gasteiger partial charge in [-0.05, 0) is 50.5 Å². The molecule has 1 atom stereocenters. The molecule has 1 N–H and O–H groups in total. The highest BCUT2D eigenvalue weighted by Crippen LogP contribution is 2.41. The Labute approximate surface area is 167 Å². The van der Waals surface area contributed by atoms with Gasteiger partial charge in [-0.2, -0.15) is 13.2 Å². The molecule has 1 amide bonds. The third-order valence-electron chi connectivity index (χ3n) is 4.45.